The van der Waals surface area contributed by atoms with E-state index in [9.17, 15) is 17.6 Å². The molecule has 1 saturated heterocycles. The topological polar surface area (TPSA) is 67.3 Å². The minimum Gasteiger partial charge on any atom is -0.329 e. The lowest BCUT2D eigenvalue weighted by Gasteiger charge is -2.35. The van der Waals surface area contributed by atoms with E-state index in [0.29, 0.717) is 17.1 Å². The lowest BCUT2D eigenvalue weighted by molar-refractivity contribution is 0.0611. The third-order valence-electron chi connectivity index (χ3n) is 4.01. The van der Waals surface area contributed by atoms with Crippen molar-refractivity contribution in [3.63, 3.8) is 0 Å². The molecule has 2 aromatic heterocycles. The molecular weight excluding hydrogens is 351 g/mol. The number of nitrogens with zero attached hydrogens (tertiary/aromatic N) is 2. The first kappa shape index (κ1) is 17.0. The van der Waals surface area contributed by atoms with Crippen LogP contribution in [-0.4, -0.2) is 37.0 Å². The van der Waals surface area contributed by atoms with Gasteiger partial charge in [0.2, 0.25) is 0 Å². The van der Waals surface area contributed by atoms with Gasteiger partial charge >= 0.3 is 0 Å². The Morgan fingerprint density at radius 2 is 2.08 bits per heavy atom. The van der Waals surface area contributed by atoms with E-state index in [1.807, 2.05) is 0 Å². The van der Waals surface area contributed by atoms with E-state index in [2.05, 4.69) is 4.98 Å². The lowest BCUT2D eigenvalue weighted by atomic mass is 9.98. The van der Waals surface area contributed by atoms with Crippen LogP contribution < -0.4 is 0 Å². The van der Waals surface area contributed by atoms with E-state index in [-0.39, 0.29) is 16.2 Å². The summed E-state index contributed by atoms with van der Waals surface area (Å²) in [6, 6.07) is 5.74. The second kappa shape index (κ2) is 6.60. The van der Waals surface area contributed by atoms with Crippen molar-refractivity contribution in [2.75, 3.05) is 12.8 Å². The highest BCUT2D eigenvalue weighted by atomic mass is 32.2. The maximum Gasteiger partial charge on any atom is 0.264 e. The molecule has 2 aromatic rings. The number of hydrogen-bond donors (Lipinski definition) is 0. The number of halogens is 1. The summed E-state index contributed by atoms with van der Waals surface area (Å²) < 4.78 is 36.5. The number of pyridine rings is 1. The van der Waals surface area contributed by atoms with Gasteiger partial charge in [-0.15, -0.1) is 11.3 Å². The predicted molar refractivity (Wildman–Crippen MR) is 89.3 cm³/mol. The monoisotopic (exact) mass is 368 g/mol. The molecule has 1 unspecified atom stereocenters. The van der Waals surface area contributed by atoms with Crippen molar-refractivity contribution in [1.82, 2.24) is 9.88 Å². The minimum atomic E-state index is -3.32. The van der Waals surface area contributed by atoms with Crippen LogP contribution in [0.25, 0.3) is 0 Å². The maximum atomic E-state index is 13.1. The van der Waals surface area contributed by atoms with Crippen molar-refractivity contribution in [3.8, 4) is 0 Å². The van der Waals surface area contributed by atoms with Gasteiger partial charge in [0.15, 0.2) is 9.84 Å². The summed E-state index contributed by atoms with van der Waals surface area (Å²) in [6.07, 6.45) is 4.88. The summed E-state index contributed by atoms with van der Waals surface area (Å²) >= 11 is 0.982. The molecule has 5 nitrogen and oxygen atoms in total. The molecular formula is C16H17FN2O3S2. The van der Waals surface area contributed by atoms with Crippen molar-refractivity contribution in [2.45, 2.75) is 29.5 Å². The molecule has 1 fully saturated rings. The smallest absolute Gasteiger partial charge is 0.264 e. The highest BCUT2D eigenvalue weighted by Gasteiger charge is 2.30. The Morgan fingerprint density at radius 3 is 2.71 bits per heavy atom. The fourth-order valence-electron chi connectivity index (χ4n) is 2.84. The maximum absolute atomic E-state index is 13.1. The Hall–Kier alpha value is -1.80. The number of aromatic nitrogens is 1. The molecule has 0 aliphatic carbocycles. The average molecular weight is 368 g/mol. The number of amides is 1. The Labute approximate surface area is 144 Å². The lowest BCUT2D eigenvalue weighted by Crippen LogP contribution is -2.38. The van der Waals surface area contributed by atoms with Crippen molar-refractivity contribution in [2.24, 2.45) is 0 Å². The Kier molecular flexibility index (Phi) is 4.69. The molecule has 0 aromatic carbocycles. The first-order chi connectivity index (χ1) is 11.4. The molecule has 8 heteroatoms. The van der Waals surface area contributed by atoms with E-state index in [4.69, 9.17) is 0 Å². The molecule has 0 spiro atoms. The molecule has 1 aliphatic heterocycles. The van der Waals surface area contributed by atoms with Crippen LogP contribution >= 0.6 is 11.3 Å². The molecule has 1 aliphatic rings. The van der Waals surface area contributed by atoms with Gasteiger partial charge in [-0.05, 0) is 43.5 Å². The van der Waals surface area contributed by atoms with Gasteiger partial charge in [-0.2, -0.15) is 0 Å². The molecule has 0 N–H and O–H groups in total. The summed E-state index contributed by atoms with van der Waals surface area (Å²) in [4.78, 5) is 19.0. The number of thiophene rings is 1. The van der Waals surface area contributed by atoms with Gasteiger partial charge in [0.25, 0.3) is 5.91 Å². The Bertz CT molecular complexity index is 846. The summed E-state index contributed by atoms with van der Waals surface area (Å²) in [6.45, 7) is 0.578. The van der Waals surface area contributed by atoms with Crippen LogP contribution in [0.2, 0.25) is 0 Å². The highest BCUT2D eigenvalue weighted by Crippen LogP contribution is 2.33. The summed E-state index contributed by atoms with van der Waals surface area (Å²) in [7, 11) is -3.32. The van der Waals surface area contributed by atoms with Crippen LogP contribution in [-0.2, 0) is 9.84 Å². The molecule has 128 valence electrons. The van der Waals surface area contributed by atoms with Crippen molar-refractivity contribution < 1.29 is 17.6 Å². The van der Waals surface area contributed by atoms with E-state index in [1.54, 1.807) is 17.0 Å². The van der Waals surface area contributed by atoms with Crippen molar-refractivity contribution in [1.29, 1.82) is 0 Å². The van der Waals surface area contributed by atoms with Crippen LogP contribution in [0, 0.1) is 5.82 Å². The SMILES string of the molecule is CS(=O)(=O)c1ccc(C(=O)N2CCCCC2c2ccc(F)cn2)s1. The minimum absolute atomic E-state index is 0.180. The third kappa shape index (κ3) is 3.49. The fraction of sp³-hybridized carbons (Fsp3) is 0.375. The molecule has 24 heavy (non-hydrogen) atoms. The summed E-state index contributed by atoms with van der Waals surface area (Å²) in [5.74, 6) is -0.616. The van der Waals surface area contributed by atoms with Gasteiger partial charge in [0, 0.05) is 12.8 Å². The Balaban J connectivity index is 1.88. The number of hydrogen-bond acceptors (Lipinski definition) is 5. The van der Waals surface area contributed by atoms with Crippen LogP contribution in [0.5, 0.6) is 0 Å². The van der Waals surface area contributed by atoms with Gasteiger partial charge in [-0.25, -0.2) is 12.8 Å². The number of rotatable bonds is 3. The van der Waals surface area contributed by atoms with E-state index < -0.39 is 15.7 Å². The third-order valence-corrected chi connectivity index (χ3v) is 6.91. The molecule has 1 amide bonds. The molecule has 3 heterocycles. The van der Waals surface area contributed by atoms with Crippen molar-refractivity contribution >= 4 is 27.1 Å². The predicted octanol–water partition coefficient (Wildman–Crippen LogP) is 3.05. The van der Waals surface area contributed by atoms with Crippen LogP contribution in [0.3, 0.4) is 0 Å². The summed E-state index contributed by atoms with van der Waals surface area (Å²) in [5, 5.41) is 0. The zero-order valence-electron chi connectivity index (χ0n) is 13.1. The van der Waals surface area contributed by atoms with Gasteiger partial charge in [0.1, 0.15) is 10.0 Å². The van der Waals surface area contributed by atoms with Crippen LogP contribution in [0.4, 0.5) is 4.39 Å². The standard InChI is InChI=1S/C16H17FN2O3S2/c1-24(21,22)15-8-7-14(23-15)16(20)19-9-3-2-4-13(19)12-6-5-11(17)10-18-12/h5-8,10,13H,2-4,9H2,1H3. The molecule has 0 saturated carbocycles. The number of carbonyl (C=O) groups is 1. The second-order valence-corrected chi connectivity index (χ2v) is 9.13. The molecule has 0 radical (unpaired) electrons. The number of sulfone groups is 1. The van der Waals surface area contributed by atoms with E-state index in [1.165, 1.54) is 12.1 Å². The van der Waals surface area contributed by atoms with Gasteiger partial charge in [0.05, 0.1) is 22.8 Å². The fourth-order valence-corrected chi connectivity index (χ4v) is 4.73. The highest BCUT2D eigenvalue weighted by molar-refractivity contribution is 7.92. The molecule has 0 bridgehead atoms. The van der Waals surface area contributed by atoms with E-state index in [0.717, 1.165) is 43.1 Å². The number of likely N-dealkylation sites (tertiary alicyclic amines) is 1. The van der Waals surface area contributed by atoms with Gasteiger partial charge in [-0.3, -0.25) is 9.78 Å². The molecule has 1 atom stereocenters. The Morgan fingerprint density at radius 1 is 1.29 bits per heavy atom. The largest absolute Gasteiger partial charge is 0.329 e. The number of carbonyl (C=O) groups excluding carboxylic acids is 1. The first-order valence-electron chi connectivity index (χ1n) is 7.58. The van der Waals surface area contributed by atoms with Gasteiger partial charge in [-0.1, -0.05) is 0 Å². The van der Waals surface area contributed by atoms with Crippen LogP contribution in [0.1, 0.15) is 40.7 Å². The first-order valence-corrected chi connectivity index (χ1v) is 10.3. The van der Waals surface area contributed by atoms with E-state index >= 15 is 0 Å². The number of piperidine rings is 1. The van der Waals surface area contributed by atoms with Crippen LogP contribution in [0.15, 0.2) is 34.7 Å². The zero-order valence-corrected chi connectivity index (χ0v) is 14.7. The quantitative estimate of drug-likeness (QED) is 0.835. The zero-order chi connectivity index (χ0) is 17.3. The molecule has 3 rings (SSSR count). The van der Waals surface area contributed by atoms with Crippen molar-refractivity contribution in [3.05, 3.63) is 46.9 Å². The summed E-state index contributed by atoms with van der Waals surface area (Å²) in [5.41, 5.74) is 0.657. The van der Waals surface area contributed by atoms with Gasteiger partial charge < -0.3 is 4.90 Å². The second-order valence-electron chi connectivity index (χ2n) is 5.80. The normalized spacial score (nSPS) is 18.6. The average Bonchev–Trinajstić information content (AvgIpc) is 3.05.